The second-order valence-electron chi connectivity index (χ2n) is 11.8. The van der Waals surface area contributed by atoms with E-state index < -0.39 is 29.5 Å². The van der Waals surface area contributed by atoms with E-state index in [0.29, 0.717) is 45.1 Å². The van der Waals surface area contributed by atoms with Crippen LogP contribution in [0.1, 0.15) is 42.9 Å². The zero-order valence-electron chi connectivity index (χ0n) is 24.7. The van der Waals surface area contributed by atoms with Crippen LogP contribution in [0.25, 0.3) is 11.0 Å². The Morgan fingerprint density at radius 1 is 1.07 bits per heavy atom. The number of hydrogen-bond acceptors (Lipinski definition) is 5. The van der Waals surface area contributed by atoms with Crippen molar-refractivity contribution in [3.05, 3.63) is 63.0 Å². The number of nitrogens with one attached hydrogen (secondary N) is 2. The van der Waals surface area contributed by atoms with Crippen LogP contribution in [0.5, 0.6) is 0 Å². The monoisotopic (exact) mass is 635 g/mol. The third-order valence-electron chi connectivity index (χ3n) is 8.78. The molecule has 2 fully saturated rings. The van der Waals surface area contributed by atoms with Gasteiger partial charge in [0.25, 0.3) is 0 Å². The number of alkyl halides is 3. The molecule has 0 bridgehead atoms. The van der Waals surface area contributed by atoms with Crippen molar-refractivity contribution >= 4 is 40.3 Å². The SMILES string of the molecule is CN(C)C1CCN(C(=O)[C@@H](Cc2cc(Cl)c(N)c(C(F)(F)F)c2)NC(=O)N2CCC(n3c(=O)[nH]c4ccccc43)CC2)CC1. The van der Waals surface area contributed by atoms with Gasteiger partial charge in [-0.2, -0.15) is 13.2 Å². The molecule has 2 saturated heterocycles. The summed E-state index contributed by atoms with van der Waals surface area (Å²) < 4.78 is 42.8. The number of amides is 3. The Bertz CT molecular complexity index is 1570. The molecule has 1 aromatic heterocycles. The number of aromatic nitrogens is 2. The molecule has 2 aromatic carbocycles. The summed E-state index contributed by atoms with van der Waals surface area (Å²) in [7, 11) is 3.96. The first-order valence-electron chi connectivity index (χ1n) is 14.7. The Morgan fingerprint density at radius 3 is 2.34 bits per heavy atom. The zero-order chi connectivity index (χ0) is 31.8. The van der Waals surface area contributed by atoms with E-state index >= 15 is 0 Å². The summed E-state index contributed by atoms with van der Waals surface area (Å²) in [5, 5.41) is 2.53. The van der Waals surface area contributed by atoms with Crippen LogP contribution in [-0.4, -0.2) is 88.5 Å². The van der Waals surface area contributed by atoms with Gasteiger partial charge < -0.3 is 30.7 Å². The van der Waals surface area contributed by atoms with Gasteiger partial charge in [-0.1, -0.05) is 23.7 Å². The van der Waals surface area contributed by atoms with Crippen molar-refractivity contribution in [2.45, 2.75) is 56.4 Å². The summed E-state index contributed by atoms with van der Waals surface area (Å²) in [6.07, 6.45) is -2.40. The van der Waals surface area contributed by atoms with E-state index in [0.717, 1.165) is 29.9 Å². The van der Waals surface area contributed by atoms with Gasteiger partial charge in [-0.25, -0.2) is 9.59 Å². The van der Waals surface area contributed by atoms with Crippen molar-refractivity contribution in [1.29, 1.82) is 0 Å². The highest BCUT2D eigenvalue weighted by molar-refractivity contribution is 6.33. The number of urea groups is 1. The summed E-state index contributed by atoms with van der Waals surface area (Å²) in [4.78, 5) is 48.1. The number of nitrogens with two attached hydrogens (primary N) is 1. The number of anilines is 1. The standard InChI is InChI=1S/C30H37ClF3N7O3/c1-38(2)19-7-11-39(12-8-19)27(42)24(17-18-15-21(30(32,33)34)26(35)22(31)16-18)37-28(43)40-13-9-20(10-14-40)41-25-6-4-3-5-23(25)36-29(41)44/h3-6,15-16,19-20,24H,7-14,17,35H2,1-2H3,(H,36,44)(H,37,43)/t24-/m1/s1. The molecule has 0 unspecified atom stereocenters. The van der Waals surface area contributed by atoms with Gasteiger partial charge in [-0.15, -0.1) is 0 Å². The average molecular weight is 636 g/mol. The normalized spacial score (nSPS) is 17.8. The second kappa shape index (κ2) is 12.7. The zero-order valence-corrected chi connectivity index (χ0v) is 25.4. The predicted octanol–water partition coefficient (Wildman–Crippen LogP) is 4.09. The van der Waals surface area contributed by atoms with Crippen LogP contribution in [0.3, 0.4) is 0 Å². The van der Waals surface area contributed by atoms with Crippen molar-refractivity contribution < 1.29 is 22.8 Å². The second-order valence-corrected chi connectivity index (χ2v) is 12.2. The molecule has 14 heteroatoms. The molecule has 2 aliphatic rings. The number of nitrogen functional groups attached to an aromatic ring is 1. The molecule has 3 aromatic rings. The van der Waals surface area contributed by atoms with Gasteiger partial charge in [0, 0.05) is 44.7 Å². The largest absolute Gasteiger partial charge is 0.418 e. The van der Waals surface area contributed by atoms with E-state index in [9.17, 15) is 27.6 Å². The fourth-order valence-electron chi connectivity index (χ4n) is 6.29. The first-order valence-corrected chi connectivity index (χ1v) is 15.1. The molecule has 3 amide bonds. The summed E-state index contributed by atoms with van der Waals surface area (Å²) in [5.74, 6) is -0.364. The molecule has 44 heavy (non-hydrogen) atoms. The quantitative estimate of drug-likeness (QED) is 0.353. The Morgan fingerprint density at radius 2 is 1.70 bits per heavy atom. The number of hydrogen-bond donors (Lipinski definition) is 3. The van der Waals surface area contributed by atoms with Gasteiger partial charge in [0.05, 0.1) is 27.3 Å². The number of rotatable bonds is 6. The first kappa shape index (κ1) is 31.7. The van der Waals surface area contributed by atoms with Crippen molar-refractivity contribution in [2.24, 2.45) is 0 Å². The minimum Gasteiger partial charge on any atom is -0.397 e. The van der Waals surface area contributed by atoms with Gasteiger partial charge in [-0.05, 0) is 69.6 Å². The number of para-hydroxylation sites is 2. The number of aromatic amines is 1. The molecule has 0 radical (unpaired) electrons. The lowest BCUT2D eigenvalue weighted by Gasteiger charge is -2.38. The van der Waals surface area contributed by atoms with Crippen LogP contribution in [-0.2, 0) is 17.4 Å². The highest BCUT2D eigenvalue weighted by Gasteiger charge is 2.36. The topological polar surface area (TPSA) is 120 Å². The lowest BCUT2D eigenvalue weighted by Crippen LogP contribution is -2.56. The van der Waals surface area contributed by atoms with Gasteiger partial charge in [0.2, 0.25) is 5.91 Å². The highest BCUT2D eigenvalue weighted by Crippen LogP contribution is 2.38. The maximum Gasteiger partial charge on any atom is 0.418 e. The van der Waals surface area contributed by atoms with Gasteiger partial charge in [-0.3, -0.25) is 9.36 Å². The van der Waals surface area contributed by atoms with Gasteiger partial charge in [0.1, 0.15) is 6.04 Å². The third kappa shape index (κ3) is 6.68. The van der Waals surface area contributed by atoms with Crippen molar-refractivity contribution in [1.82, 2.24) is 29.6 Å². The van der Waals surface area contributed by atoms with E-state index in [-0.39, 0.29) is 34.6 Å². The molecule has 5 rings (SSSR count). The molecule has 10 nitrogen and oxygen atoms in total. The summed E-state index contributed by atoms with van der Waals surface area (Å²) in [6.45, 7) is 1.61. The number of carbonyl (C=O) groups excluding carboxylic acids is 2. The Balaban J connectivity index is 1.32. The van der Waals surface area contributed by atoms with Gasteiger partial charge >= 0.3 is 17.9 Å². The van der Waals surface area contributed by atoms with Crippen LogP contribution >= 0.6 is 11.6 Å². The maximum absolute atomic E-state index is 13.8. The maximum atomic E-state index is 13.8. The Hall–Kier alpha value is -3.71. The number of carbonyl (C=O) groups is 2. The van der Waals surface area contributed by atoms with Gasteiger partial charge in [0.15, 0.2) is 0 Å². The molecule has 3 heterocycles. The molecule has 238 valence electrons. The van der Waals surface area contributed by atoms with Crippen molar-refractivity contribution in [3.8, 4) is 0 Å². The van der Waals surface area contributed by atoms with Crippen LogP contribution in [0, 0.1) is 0 Å². The molecule has 0 aliphatic carbocycles. The van der Waals surface area contributed by atoms with E-state index in [1.807, 2.05) is 38.4 Å². The highest BCUT2D eigenvalue weighted by atomic mass is 35.5. The van der Waals surface area contributed by atoms with Crippen LogP contribution in [0.15, 0.2) is 41.2 Å². The van der Waals surface area contributed by atoms with E-state index in [1.165, 1.54) is 6.07 Å². The third-order valence-corrected chi connectivity index (χ3v) is 9.09. The Labute approximate surface area is 257 Å². The number of piperidine rings is 2. The predicted molar refractivity (Wildman–Crippen MR) is 163 cm³/mol. The minimum atomic E-state index is -4.74. The number of halogens is 4. The number of fused-ring (bicyclic) bond motifs is 1. The number of imidazole rings is 1. The van der Waals surface area contributed by atoms with E-state index in [4.69, 9.17) is 17.3 Å². The number of nitrogens with zero attached hydrogens (tertiary/aromatic N) is 4. The molecule has 0 spiro atoms. The van der Waals surface area contributed by atoms with Crippen LogP contribution in [0.4, 0.5) is 23.7 Å². The average Bonchev–Trinajstić information content (AvgIpc) is 3.33. The molecular formula is C30H37ClF3N7O3. The summed E-state index contributed by atoms with van der Waals surface area (Å²) in [5.41, 5.74) is 5.41. The lowest BCUT2D eigenvalue weighted by atomic mass is 9.99. The molecular weight excluding hydrogens is 599 g/mol. The first-order chi connectivity index (χ1) is 20.8. The number of likely N-dealkylation sites (tertiary alicyclic amines) is 2. The molecule has 2 aliphatic heterocycles. The van der Waals surface area contributed by atoms with E-state index in [1.54, 1.807) is 14.4 Å². The number of benzene rings is 2. The van der Waals surface area contributed by atoms with E-state index in [2.05, 4.69) is 15.2 Å². The molecule has 0 saturated carbocycles. The smallest absolute Gasteiger partial charge is 0.397 e. The number of H-pyrrole nitrogens is 1. The fraction of sp³-hybridized carbons (Fsp3) is 0.500. The van der Waals surface area contributed by atoms with Crippen molar-refractivity contribution in [2.75, 3.05) is 46.0 Å². The summed E-state index contributed by atoms with van der Waals surface area (Å²) >= 11 is 6.07. The minimum absolute atomic E-state index is 0.115. The summed E-state index contributed by atoms with van der Waals surface area (Å²) in [6, 6.07) is 8.19. The Kier molecular flexibility index (Phi) is 9.17. The van der Waals surface area contributed by atoms with Crippen molar-refractivity contribution in [3.63, 3.8) is 0 Å². The fourth-order valence-corrected chi connectivity index (χ4v) is 6.53. The molecule has 1 atom stereocenters. The van der Waals surface area contributed by atoms with Crippen LogP contribution < -0.4 is 16.7 Å². The lowest BCUT2D eigenvalue weighted by molar-refractivity contribution is -0.137. The molecule has 4 N–H and O–H groups in total. The van der Waals surface area contributed by atoms with Crippen LogP contribution in [0.2, 0.25) is 5.02 Å².